The van der Waals surface area contributed by atoms with E-state index in [2.05, 4.69) is 15.0 Å². The fourth-order valence-corrected chi connectivity index (χ4v) is 4.16. The third-order valence-electron chi connectivity index (χ3n) is 4.74. The predicted molar refractivity (Wildman–Crippen MR) is 107 cm³/mol. The van der Waals surface area contributed by atoms with Crippen molar-refractivity contribution in [3.63, 3.8) is 0 Å². The Morgan fingerprint density at radius 1 is 1.23 bits per heavy atom. The number of fused-ring (bicyclic) bond motifs is 1. The number of ether oxygens (including phenoxy) is 2. The third kappa shape index (κ3) is 4.43. The van der Waals surface area contributed by atoms with Gasteiger partial charge in [-0.3, -0.25) is 4.79 Å². The van der Waals surface area contributed by atoms with Gasteiger partial charge in [0.05, 0.1) is 17.7 Å². The second-order valence-electron chi connectivity index (χ2n) is 6.81. The summed E-state index contributed by atoms with van der Waals surface area (Å²) in [7, 11) is 1.61. The van der Waals surface area contributed by atoms with Crippen LogP contribution in [0.4, 0.5) is 18.3 Å². The minimum absolute atomic E-state index is 0.0967. The van der Waals surface area contributed by atoms with Crippen molar-refractivity contribution in [1.29, 1.82) is 0 Å². The van der Waals surface area contributed by atoms with Crippen molar-refractivity contribution in [3.8, 4) is 11.5 Å². The van der Waals surface area contributed by atoms with Crippen LogP contribution < -0.4 is 19.7 Å². The summed E-state index contributed by atoms with van der Waals surface area (Å²) in [6.45, 7) is 1.36. The first-order valence-corrected chi connectivity index (χ1v) is 9.95. The molecule has 0 saturated carbocycles. The summed E-state index contributed by atoms with van der Waals surface area (Å²) >= 11 is 1.55. The van der Waals surface area contributed by atoms with Gasteiger partial charge in [-0.05, 0) is 29.8 Å². The molecule has 0 bridgehead atoms. The highest BCUT2D eigenvalue weighted by Crippen LogP contribution is 2.36. The molecule has 1 amide bonds. The maximum atomic E-state index is 12.4. The van der Waals surface area contributed by atoms with Crippen molar-refractivity contribution in [1.82, 2.24) is 10.3 Å². The number of aromatic nitrogens is 1. The van der Waals surface area contributed by atoms with Crippen LogP contribution in [0.2, 0.25) is 0 Å². The summed E-state index contributed by atoms with van der Waals surface area (Å²) in [4.78, 5) is 19.0. The van der Waals surface area contributed by atoms with Crippen molar-refractivity contribution in [2.75, 3.05) is 25.1 Å². The number of benzene rings is 2. The average molecular weight is 437 g/mol. The molecule has 0 atom stereocenters. The van der Waals surface area contributed by atoms with Crippen molar-refractivity contribution in [2.45, 2.75) is 12.9 Å². The van der Waals surface area contributed by atoms with Crippen LogP contribution in [0.3, 0.4) is 0 Å². The molecule has 0 unspecified atom stereocenters. The van der Waals surface area contributed by atoms with Crippen LogP contribution in [0.25, 0.3) is 10.2 Å². The molecular weight excluding hydrogens is 419 g/mol. The molecule has 0 spiro atoms. The number of methoxy groups -OCH3 is 1. The van der Waals surface area contributed by atoms with E-state index in [9.17, 15) is 18.0 Å². The van der Waals surface area contributed by atoms with Crippen molar-refractivity contribution >= 4 is 32.6 Å². The SMILES string of the molecule is COc1cccc2sc(N3CC(C(=O)NCc4ccc(OC(F)(F)F)cc4)C3)nc12. The van der Waals surface area contributed by atoms with E-state index in [0.717, 1.165) is 21.1 Å². The zero-order chi connectivity index (χ0) is 21.3. The summed E-state index contributed by atoms with van der Waals surface area (Å²) < 4.78 is 46.8. The largest absolute Gasteiger partial charge is 0.573 e. The van der Waals surface area contributed by atoms with E-state index in [1.54, 1.807) is 18.4 Å². The summed E-state index contributed by atoms with van der Waals surface area (Å²) in [6, 6.07) is 11.2. The summed E-state index contributed by atoms with van der Waals surface area (Å²) in [5, 5.41) is 3.67. The highest BCUT2D eigenvalue weighted by atomic mass is 32.1. The van der Waals surface area contributed by atoms with Gasteiger partial charge in [-0.1, -0.05) is 29.5 Å². The lowest BCUT2D eigenvalue weighted by atomic mass is 10.00. The van der Waals surface area contributed by atoms with Crippen molar-refractivity contribution < 1.29 is 27.4 Å². The van der Waals surface area contributed by atoms with E-state index in [1.165, 1.54) is 24.3 Å². The van der Waals surface area contributed by atoms with Gasteiger partial charge in [0.2, 0.25) is 5.91 Å². The van der Waals surface area contributed by atoms with Crippen molar-refractivity contribution in [3.05, 3.63) is 48.0 Å². The van der Waals surface area contributed by atoms with Crippen LogP contribution in [0.15, 0.2) is 42.5 Å². The highest BCUT2D eigenvalue weighted by molar-refractivity contribution is 7.22. The fraction of sp³-hybridized carbons (Fsp3) is 0.300. The Bertz CT molecular complexity index is 1050. The first-order valence-electron chi connectivity index (χ1n) is 9.13. The Balaban J connectivity index is 1.28. The van der Waals surface area contributed by atoms with Crippen LogP contribution >= 0.6 is 11.3 Å². The zero-order valence-electron chi connectivity index (χ0n) is 15.9. The van der Waals surface area contributed by atoms with Gasteiger partial charge in [-0.25, -0.2) is 4.98 Å². The molecule has 2 heterocycles. The molecule has 3 aromatic rings. The highest BCUT2D eigenvalue weighted by Gasteiger charge is 2.34. The van der Waals surface area contributed by atoms with Crippen LogP contribution in [-0.2, 0) is 11.3 Å². The smallest absolute Gasteiger partial charge is 0.494 e. The second-order valence-corrected chi connectivity index (χ2v) is 7.82. The summed E-state index contributed by atoms with van der Waals surface area (Å²) in [6.07, 6.45) is -4.72. The van der Waals surface area contributed by atoms with Crippen LogP contribution in [0.5, 0.6) is 11.5 Å². The van der Waals surface area contributed by atoms with E-state index in [1.807, 2.05) is 23.1 Å². The molecule has 6 nitrogen and oxygen atoms in total. The number of halogens is 3. The fourth-order valence-electron chi connectivity index (χ4n) is 3.15. The Morgan fingerprint density at radius 2 is 1.97 bits per heavy atom. The normalized spacial score (nSPS) is 14.5. The number of para-hydroxylation sites is 1. The first kappa shape index (κ1) is 20.3. The van der Waals surface area contributed by atoms with Gasteiger partial charge in [-0.2, -0.15) is 0 Å². The summed E-state index contributed by atoms with van der Waals surface area (Å²) in [5.41, 5.74) is 1.50. The third-order valence-corrected chi connectivity index (χ3v) is 5.82. The van der Waals surface area contributed by atoms with E-state index in [0.29, 0.717) is 18.7 Å². The number of alkyl halides is 3. The van der Waals surface area contributed by atoms with Gasteiger partial charge in [0.15, 0.2) is 5.13 Å². The van der Waals surface area contributed by atoms with Crippen molar-refractivity contribution in [2.24, 2.45) is 5.92 Å². The molecule has 1 fully saturated rings. The minimum Gasteiger partial charge on any atom is -0.494 e. The standard InChI is InChI=1S/C20H18F3N3O3S/c1-28-15-3-2-4-16-17(15)25-19(30-16)26-10-13(11-26)18(27)24-9-12-5-7-14(8-6-12)29-20(21,22)23/h2-8,13H,9-11H2,1H3,(H,24,27). The zero-order valence-corrected chi connectivity index (χ0v) is 16.7. The molecule has 0 radical (unpaired) electrons. The van der Waals surface area contributed by atoms with Gasteiger partial charge in [0.1, 0.15) is 17.0 Å². The number of thiazole rings is 1. The lowest BCUT2D eigenvalue weighted by Crippen LogP contribution is -2.53. The summed E-state index contributed by atoms with van der Waals surface area (Å²) in [5.74, 6) is 0.170. The van der Waals surface area contributed by atoms with Gasteiger partial charge < -0.3 is 19.7 Å². The monoisotopic (exact) mass is 437 g/mol. The quantitative estimate of drug-likeness (QED) is 0.633. The van der Waals surface area contributed by atoms with Gasteiger partial charge in [0, 0.05) is 19.6 Å². The van der Waals surface area contributed by atoms with E-state index < -0.39 is 6.36 Å². The maximum absolute atomic E-state index is 12.4. The Morgan fingerprint density at radius 3 is 2.63 bits per heavy atom. The molecule has 30 heavy (non-hydrogen) atoms. The lowest BCUT2D eigenvalue weighted by Gasteiger charge is -2.37. The first-order chi connectivity index (χ1) is 14.3. The van der Waals surface area contributed by atoms with Crippen LogP contribution in [0.1, 0.15) is 5.56 Å². The number of hydrogen-bond donors (Lipinski definition) is 1. The molecule has 1 saturated heterocycles. The molecule has 1 aliphatic heterocycles. The Hall–Kier alpha value is -3.01. The number of hydrogen-bond acceptors (Lipinski definition) is 6. The van der Waals surface area contributed by atoms with Gasteiger partial charge in [-0.15, -0.1) is 13.2 Å². The average Bonchev–Trinajstić information content (AvgIpc) is 3.08. The number of rotatable bonds is 6. The molecule has 1 aliphatic rings. The van der Waals surface area contributed by atoms with Gasteiger partial charge in [0.25, 0.3) is 0 Å². The molecule has 1 aromatic heterocycles. The number of nitrogens with one attached hydrogen (secondary N) is 1. The van der Waals surface area contributed by atoms with Crippen LogP contribution in [-0.4, -0.2) is 37.5 Å². The van der Waals surface area contributed by atoms with Gasteiger partial charge >= 0.3 is 6.36 Å². The molecule has 0 aliphatic carbocycles. The topological polar surface area (TPSA) is 63.7 Å². The van der Waals surface area contributed by atoms with E-state index in [-0.39, 0.29) is 24.1 Å². The number of carbonyl (C=O) groups is 1. The Labute approximate surface area is 174 Å². The maximum Gasteiger partial charge on any atom is 0.573 e. The molecule has 4 rings (SSSR count). The number of carbonyl (C=O) groups excluding carboxylic acids is 1. The molecule has 1 N–H and O–H groups in total. The molecule has 10 heteroatoms. The van der Waals surface area contributed by atoms with E-state index in [4.69, 9.17) is 4.74 Å². The molecular formula is C20H18F3N3O3S. The molecule has 2 aromatic carbocycles. The molecule has 158 valence electrons. The van der Waals surface area contributed by atoms with Crippen LogP contribution in [0, 0.1) is 5.92 Å². The number of nitrogens with zero attached hydrogens (tertiary/aromatic N) is 2. The Kier molecular flexibility index (Phi) is 5.42. The number of anilines is 1. The minimum atomic E-state index is -4.72. The predicted octanol–water partition coefficient (Wildman–Crippen LogP) is 3.96. The lowest BCUT2D eigenvalue weighted by molar-refractivity contribution is -0.274. The van der Waals surface area contributed by atoms with E-state index >= 15 is 0 Å². The number of amides is 1. The second kappa shape index (κ2) is 8.02.